The average Bonchev–Trinajstić information content (AvgIpc) is 1.78. The maximum absolute atomic E-state index is 10.1. The first kappa shape index (κ1) is 14.4. The molecule has 0 aromatic heterocycles. The average molecular weight is 192 g/mol. The summed E-state index contributed by atoms with van der Waals surface area (Å²) in [5.74, 6) is -0.215. The predicted molar refractivity (Wildman–Crippen MR) is 44.7 cm³/mol. The Balaban J connectivity index is 0. The van der Waals surface area contributed by atoms with Crippen LogP contribution in [0.5, 0.6) is 0 Å². The van der Waals surface area contributed by atoms with Crippen LogP contribution in [0.1, 0.15) is 13.3 Å². The number of hydrogen-bond acceptors (Lipinski definition) is 3. The summed E-state index contributed by atoms with van der Waals surface area (Å²) in [6, 6.07) is 0. The van der Waals surface area contributed by atoms with Crippen molar-refractivity contribution in [2.45, 2.75) is 13.3 Å². The summed E-state index contributed by atoms with van der Waals surface area (Å²) in [6.07, 6.45) is 0.354. The van der Waals surface area contributed by atoms with Crippen LogP contribution in [0.2, 0.25) is 0 Å². The Morgan fingerprint density at radius 2 is 2.00 bits per heavy atom. The van der Waals surface area contributed by atoms with Gasteiger partial charge in [-0.2, -0.15) is 8.42 Å². The fourth-order valence-electron chi connectivity index (χ4n) is 0.488. The third-order valence-corrected chi connectivity index (χ3v) is 1.70. The summed E-state index contributed by atoms with van der Waals surface area (Å²) >= 11 is 0. The summed E-state index contributed by atoms with van der Waals surface area (Å²) in [5, 5.41) is 0. The maximum atomic E-state index is 10.1. The number of rotatable bonds is 5. The van der Waals surface area contributed by atoms with Gasteiger partial charge in [0, 0.05) is 13.2 Å². The first-order valence-electron chi connectivity index (χ1n) is 3.09. The zero-order chi connectivity index (χ0) is 8.04. The summed E-state index contributed by atoms with van der Waals surface area (Å²) in [6.45, 7) is 2.79. The van der Waals surface area contributed by atoms with Crippen LogP contribution in [-0.2, 0) is 14.9 Å². The van der Waals surface area contributed by atoms with Crippen LogP contribution in [0, 0.1) is 0 Å². The van der Waals surface area contributed by atoms with Crippen LogP contribution >= 0.6 is 0 Å². The zero-order valence-electron chi connectivity index (χ0n) is 5.91. The molecule has 6 heteroatoms. The molecule has 0 atom stereocenters. The quantitative estimate of drug-likeness (QED) is 0.367. The molecule has 0 aliphatic heterocycles. The molecule has 0 saturated carbocycles. The van der Waals surface area contributed by atoms with Crippen LogP contribution in [0.15, 0.2) is 0 Å². The molecular formula is C5H13NaO4S. The standard InChI is InChI=1S/C5H12O4S.Na.H/c1-2-9-4-3-5-10(6,7)8;;/h2-5H2,1H3,(H,6,7,8);;. The van der Waals surface area contributed by atoms with Gasteiger partial charge in [0.15, 0.2) is 0 Å². The zero-order valence-corrected chi connectivity index (χ0v) is 6.73. The SMILES string of the molecule is CCOCCCS(=O)(=O)O.[NaH]. The Labute approximate surface area is 89.4 Å². The second-order valence-electron chi connectivity index (χ2n) is 1.84. The van der Waals surface area contributed by atoms with Crippen molar-refractivity contribution in [3.63, 3.8) is 0 Å². The first-order chi connectivity index (χ1) is 4.56. The van der Waals surface area contributed by atoms with Gasteiger partial charge in [-0.25, -0.2) is 0 Å². The van der Waals surface area contributed by atoms with Crippen molar-refractivity contribution < 1.29 is 17.7 Å². The minimum atomic E-state index is -3.78. The summed E-state index contributed by atoms with van der Waals surface area (Å²) in [7, 11) is -3.78. The summed E-state index contributed by atoms with van der Waals surface area (Å²) in [4.78, 5) is 0. The van der Waals surface area contributed by atoms with Crippen molar-refractivity contribution in [3.05, 3.63) is 0 Å². The van der Waals surface area contributed by atoms with E-state index < -0.39 is 10.1 Å². The van der Waals surface area contributed by atoms with Gasteiger partial charge >= 0.3 is 29.6 Å². The van der Waals surface area contributed by atoms with E-state index in [4.69, 9.17) is 9.29 Å². The Hall–Kier alpha value is 0.870. The second-order valence-corrected chi connectivity index (χ2v) is 3.41. The fourth-order valence-corrected chi connectivity index (χ4v) is 0.970. The van der Waals surface area contributed by atoms with Gasteiger partial charge in [0.25, 0.3) is 10.1 Å². The summed E-state index contributed by atoms with van der Waals surface area (Å²) in [5.41, 5.74) is 0. The Bertz CT molecular complexity index is 165. The molecule has 0 radical (unpaired) electrons. The van der Waals surface area contributed by atoms with Crippen molar-refractivity contribution in [2.24, 2.45) is 0 Å². The van der Waals surface area contributed by atoms with E-state index in [0.717, 1.165) is 0 Å². The molecule has 0 bridgehead atoms. The third kappa shape index (κ3) is 13.8. The van der Waals surface area contributed by atoms with Crippen LogP contribution in [0.4, 0.5) is 0 Å². The molecular weight excluding hydrogens is 179 g/mol. The normalized spacial score (nSPS) is 10.7. The van der Waals surface area contributed by atoms with E-state index in [2.05, 4.69) is 0 Å². The topological polar surface area (TPSA) is 63.6 Å². The van der Waals surface area contributed by atoms with Gasteiger partial charge in [-0.3, -0.25) is 4.55 Å². The molecule has 0 aromatic rings. The van der Waals surface area contributed by atoms with E-state index in [-0.39, 0.29) is 35.3 Å². The first-order valence-corrected chi connectivity index (χ1v) is 4.70. The van der Waals surface area contributed by atoms with E-state index >= 15 is 0 Å². The van der Waals surface area contributed by atoms with Crippen molar-refractivity contribution in [2.75, 3.05) is 19.0 Å². The van der Waals surface area contributed by atoms with Crippen molar-refractivity contribution in [1.82, 2.24) is 0 Å². The second kappa shape index (κ2) is 7.52. The molecule has 0 unspecified atom stereocenters. The van der Waals surface area contributed by atoms with Gasteiger partial charge in [-0.05, 0) is 13.3 Å². The molecule has 0 rings (SSSR count). The van der Waals surface area contributed by atoms with Crippen molar-refractivity contribution in [1.29, 1.82) is 0 Å². The molecule has 0 fully saturated rings. The third-order valence-electron chi connectivity index (χ3n) is 0.895. The van der Waals surface area contributed by atoms with Crippen LogP contribution in [0.25, 0.3) is 0 Å². The van der Waals surface area contributed by atoms with Gasteiger partial charge < -0.3 is 4.74 Å². The molecule has 0 saturated heterocycles. The van der Waals surface area contributed by atoms with E-state index in [0.29, 0.717) is 19.6 Å². The van der Waals surface area contributed by atoms with E-state index in [9.17, 15) is 8.42 Å². The van der Waals surface area contributed by atoms with Crippen LogP contribution < -0.4 is 0 Å². The van der Waals surface area contributed by atoms with E-state index in [1.165, 1.54) is 0 Å². The van der Waals surface area contributed by atoms with Gasteiger partial charge in [0.1, 0.15) is 0 Å². The predicted octanol–water partition coefficient (Wildman–Crippen LogP) is -0.348. The van der Waals surface area contributed by atoms with E-state index in [1.54, 1.807) is 0 Å². The van der Waals surface area contributed by atoms with Gasteiger partial charge in [0.05, 0.1) is 5.75 Å². The molecule has 1 N–H and O–H groups in total. The molecule has 11 heavy (non-hydrogen) atoms. The Morgan fingerprint density at radius 3 is 2.36 bits per heavy atom. The minimum absolute atomic E-state index is 0. The van der Waals surface area contributed by atoms with E-state index in [1.807, 2.05) is 6.92 Å². The molecule has 0 spiro atoms. The molecule has 4 nitrogen and oxygen atoms in total. The van der Waals surface area contributed by atoms with Crippen LogP contribution in [0.3, 0.4) is 0 Å². The van der Waals surface area contributed by atoms with Crippen molar-refractivity contribution >= 4 is 39.7 Å². The van der Waals surface area contributed by atoms with Gasteiger partial charge in [-0.15, -0.1) is 0 Å². The molecule has 0 aromatic carbocycles. The number of ether oxygens (including phenoxy) is 1. The van der Waals surface area contributed by atoms with Gasteiger partial charge in [0.2, 0.25) is 0 Å². The molecule has 0 aliphatic rings. The van der Waals surface area contributed by atoms with Crippen LogP contribution in [-0.4, -0.2) is 61.5 Å². The molecule has 0 heterocycles. The number of hydrogen-bond donors (Lipinski definition) is 1. The molecule has 0 amide bonds. The molecule has 64 valence electrons. The molecule has 0 aliphatic carbocycles. The fraction of sp³-hybridized carbons (Fsp3) is 1.00. The van der Waals surface area contributed by atoms with Gasteiger partial charge in [-0.1, -0.05) is 0 Å². The van der Waals surface area contributed by atoms with Crippen molar-refractivity contribution in [3.8, 4) is 0 Å². The monoisotopic (exact) mass is 192 g/mol. The Morgan fingerprint density at radius 1 is 1.45 bits per heavy atom. The summed E-state index contributed by atoms with van der Waals surface area (Å²) < 4.78 is 33.3. The Kier molecular flexibility index (Phi) is 9.84.